The van der Waals surface area contributed by atoms with E-state index in [9.17, 15) is 0 Å². The molecule has 0 fully saturated rings. The van der Waals surface area contributed by atoms with Crippen molar-refractivity contribution < 1.29 is 0 Å². The van der Waals surface area contributed by atoms with Crippen LogP contribution in [0.25, 0.3) is 0 Å². The van der Waals surface area contributed by atoms with Gasteiger partial charge in [-0.25, -0.2) is 10.0 Å². The van der Waals surface area contributed by atoms with Crippen molar-refractivity contribution in [1.29, 1.82) is 0 Å². The molecule has 0 saturated carbocycles. The summed E-state index contributed by atoms with van der Waals surface area (Å²) in [6, 6.07) is 0. The van der Waals surface area contributed by atoms with Gasteiger partial charge in [-0.2, -0.15) is 12.6 Å². The van der Waals surface area contributed by atoms with Crippen LogP contribution in [-0.4, -0.2) is 28.8 Å². The second-order valence-corrected chi connectivity index (χ2v) is 9.07. The Morgan fingerprint density at radius 1 is 1.25 bits per heavy atom. The zero-order chi connectivity index (χ0) is 9.78. The van der Waals surface area contributed by atoms with Crippen LogP contribution >= 0.6 is 22.7 Å². The van der Waals surface area contributed by atoms with E-state index in [0.717, 1.165) is 5.25 Å². The van der Waals surface area contributed by atoms with E-state index in [1.165, 1.54) is 18.6 Å². The van der Waals surface area contributed by atoms with Gasteiger partial charge in [0.1, 0.15) is 0 Å². The molecule has 0 heterocycles. The van der Waals surface area contributed by atoms with Crippen LogP contribution < -0.4 is 0 Å². The summed E-state index contributed by atoms with van der Waals surface area (Å²) in [5.41, 5.74) is 0. The Kier molecular flexibility index (Phi) is 5.75. The van der Waals surface area contributed by atoms with Crippen molar-refractivity contribution in [1.82, 2.24) is 0 Å². The molecule has 2 atom stereocenters. The highest BCUT2D eigenvalue weighted by Crippen LogP contribution is 2.48. The Morgan fingerprint density at radius 3 is 2.08 bits per heavy atom. The van der Waals surface area contributed by atoms with Crippen molar-refractivity contribution >= 4 is 22.7 Å². The van der Waals surface area contributed by atoms with Gasteiger partial charge in [-0.3, -0.25) is 0 Å². The molecule has 0 aliphatic carbocycles. The molecule has 0 amide bonds. The van der Waals surface area contributed by atoms with E-state index in [-0.39, 0.29) is 0 Å². The Hall–Kier alpha value is 0.700. The smallest absolute Gasteiger partial charge is 0.0116 e. The van der Waals surface area contributed by atoms with E-state index in [0.29, 0.717) is 5.25 Å². The fraction of sp³-hybridized carbons (Fsp3) is 1.00. The predicted octanol–water partition coefficient (Wildman–Crippen LogP) is 3.56. The average Bonchev–Trinajstić information content (AvgIpc) is 2.01. The van der Waals surface area contributed by atoms with Crippen molar-refractivity contribution in [3.05, 3.63) is 0 Å². The fourth-order valence-electron chi connectivity index (χ4n) is 1.47. The zero-order valence-electron chi connectivity index (χ0n) is 9.13. The number of thiol groups is 1. The van der Waals surface area contributed by atoms with E-state index in [1.54, 1.807) is 0 Å². The van der Waals surface area contributed by atoms with Gasteiger partial charge in [-0.05, 0) is 36.4 Å². The van der Waals surface area contributed by atoms with Crippen LogP contribution in [0.3, 0.4) is 0 Å². The monoisotopic (exact) mass is 208 g/mol. The molecule has 0 rings (SSSR count). The molecule has 0 radical (unpaired) electrons. The second kappa shape index (κ2) is 5.43. The molecule has 2 unspecified atom stereocenters. The summed E-state index contributed by atoms with van der Waals surface area (Å²) >= 11 is 4.63. The molecule has 76 valence electrons. The Balaban J connectivity index is 4.13. The van der Waals surface area contributed by atoms with Gasteiger partial charge in [0.15, 0.2) is 0 Å². The van der Waals surface area contributed by atoms with Crippen molar-refractivity contribution in [2.75, 3.05) is 18.3 Å². The Bertz CT molecular complexity index is 121. The van der Waals surface area contributed by atoms with Gasteiger partial charge in [-0.1, -0.05) is 20.8 Å². The maximum Gasteiger partial charge on any atom is 0.0116 e. The van der Waals surface area contributed by atoms with Crippen molar-refractivity contribution in [3.8, 4) is 0 Å². The van der Waals surface area contributed by atoms with Gasteiger partial charge >= 0.3 is 0 Å². The minimum atomic E-state index is -0.398. The summed E-state index contributed by atoms with van der Waals surface area (Å²) in [5.74, 6) is 1.39. The maximum absolute atomic E-state index is 4.63. The summed E-state index contributed by atoms with van der Waals surface area (Å²) in [6.45, 7) is 6.88. The summed E-state index contributed by atoms with van der Waals surface area (Å²) in [6.07, 6.45) is 7.40. The van der Waals surface area contributed by atoms with Gasteiger partial charge < -0.3 is 0 Å². The lowest BCUT2D eigenvalue weighted by atomic mass is 10.3. The number of hydrogen-bond acceptors (Lipinski definition) is 1. The maximum atomic E-state index is 4.63. The third-order valence-electron chi connectivity index (χ3n) is 2.70. The quantitative estimate of drug-likeness (QED) is 0.656. The van der Waals surface area contributed by atoms with E-state index < -0.39 is 10.0 Å². The summed E-state index contributed by atoms with van der Waals surface area (Å²) in [5, 5.41) is 1.40. The molecule has 2 heteroatoms. The molecule has 0 bridgehead atoms. The standard InChI is InChI=1S/C10H24S2/c1-6-8-12(4,5)9(3)10(11)7-2/h9-11H,6-8H2,1-5H3. The van der Waals surface area contributed by atoms with Crippen molar-refractivity contribution in [2.45, 2.75) is 44.1 Å². The summed E-state index contributed by atoms with van der Waals surface area (Å²) in [4.78, 5) is 0. The van der Waals surface area contributed by atoms with E-state index in [2.05, 4.69) is 45.9 Å². The SMILES string of the molecule is CCCS(C)(C)C(C)C(S)CC. The van der Waals surface area contributed by atoms with Gasteiger partial charge in [0, 0.05) is 5.25 Å². The first kappa shape index (κ1) is 12.7. The lowest BCUT2D eigenvalue weighted by molar-refractivity contribution is 0.803. The first-order chi connectivity index (χ1) is 5.45. The first-order valence-corrected chi connectivity index (χ1v) is 8.03. The molecule has 0 N–H and O–H groups in total. The summed E-state index contributed by atoms with van der Waals surface area (Å²) in [7, 11) is -0.398. The van der Waals surface area contributed by atoms with Gasteiger partial charge in [-0.15, -0.1) is 0 Å². The van der Waals surface area contributed by atoms with Crippen LogP contribution in [-0.2, 0) is 0 Å². The van der Waals surface area contributed by atoms with Crippen molar-refractivity contribution in [2.24, 2.45) is 0 Å². The highest BCUT2D eigenvalue weighted by molar-refractivity contribution is 8.33. The fourth-order valence-corrected chi connectivity index (χ4v) is 4.92. The lowest BCUT2D eigenvalue weighted by Gasteiger charge is -2.40. The van der Waals surface area contributed by atoms with Gasteiger partial charge in [0.2, 0.25) is 0 Å². The van der Waals surface area contributed by atoms with Crippen molar-refractivity contribution in [3.63, 3.8) is 0 Å². The van der Waals surface area contributed by atoms with E-state index in [1.807, 2.05) is 0 Å². The topological polar surface area (TPSA) is 0 Å². The second-order valence-electron chi connectivity index (χ2n) is 4.01. The van der Waals surface area contributed by atoms with Crippen LogP contribution in [0, 0.1) is 0 Å². The first-order valence-electron chi connectivity index (χ1n) is 4.83. The molecule has 0 nitrogen and oxygen atoms in total. The van der Waals surface area contributed by atoms with Crippen LogP contribution in [0.15, 0.2) is 0 Å². The Morgan fingerprint density at radius 2 is 1.75 bits per heavy atom. The molecule has 0 spiro atoms. The van der Waals surface area contributed by atoms with Crippen LogP contribution in [0.5, 0.6) is 0 Å². The predicted molar refractivity (Wildman–Crippen MR) is 67.1 cm³/mol. The molecule has 0 aromatic rings. The highest BCUT2D eigenvalue weighted by atomic mass is 32.3. The molecule has 0 aromatic heterocycles. The van der Waals surface area contributed by atoms with Gasteiger partial charge in [0.25, 0.3) is 0 Å². The lowest BCUT2D eigenvalue weighted by Crippen LogP contribution is -2.25. The van der Waals surface area contributed by atoms with Gasteiger partial charge in [0.05, 0.1) is 0 Å². The largest absolute Gasteiger partial charge is 0.243 e. The molecular formula is C10H24S2. The molecule has 0 aliphatic rings. The summed E-state index contributed by atoms with van der Waals surface area (Å²) < 4.78 is 0. The highest BCUT2D eigenvalue weighted by Gasteiger charge is 2.23. The molecule has 0 aromatic carbocycles. The van der Waals surface area contributed by atoms with Crippen LogP contribution in [0.1, 0.15) is 33.6 Å². The zero-order valence-corrected chi connectivity index (χ0v) is 10.8. The number of hydrogen-bond donors (Lipinski definition) is 1. The Labute approximate surface area is 85.2 Å². The molecule has 0 aliphatic heterocycles. The van der Waals surface area contributed by atoms with Crippen LogP contribution in [0.4, 0.5) is 0 Å². The van der Waals surface area contributed by atoms with Crippen LogP contribution in [0.2, 0.25) is 0 Å². The number of rotatable bonds is 5. The molecule has 12 heavy (non-hydrogen) atoms. The third-order valence-corrected chi connectivity index (χ3v) is 7.51. The molecule has 0 saturated heterocycles. The van der Waals surface area contributed by atoms with E-state index >= 15 is 0 Å². The normalized spacial score (nSPS) is 18.8. The minimum Gasteiger partial charge on any atom is -0.243 e. The van der Waals surface area contributed by atoms with E-state index in [4.69, 9.17) is 0 Å². The molecular weight excluding hydrogens is 184 g/mol. The average molecular weight is 208 g/mol. The third kappa shape index (κ3) is 3.61. The minimum absolute atomic E-state index is 0.398.